The van der Waals surface area contributed by atoms with Gasteiger partial charge in [0, 0.05) is 33.3 Å². The van der Waals surface area contributed by atoms with Crippen molar-refractivity contribution in [1.82, 2.24) is 9.13 Å². The van der Waals surface area contributed by atoms with Crippen molar-refractivity contribution in [3.63, 3.8) is 0 Å². The Morgan fingerprint density at radius 2 is 0.769 bits per heavy atom. The Kier molecular flexibility index (Phi) is 5.85. The Hall–Kier alpha value is -7.22. The number of nitrogens with zero attached hydrogens (tertiary/aromatic N) is 3. The van der Waals surface area contributed by atoms with Crippen LogP contribution < -0.4 is 0 Å². The predicted octanol–water partition coefficient (Wildman–Crippen LogP) is 12.4. The number of fused-ring (bicyclic) bond motifs is 14. The Bertz CT molecular complexity index is 3200. The van der Waals surface area contributed by atoms with E-state index >= 15 is 0 Å². The molecule has 1 N–H and O–H groups in total. The molecule has 0 aliphatic carbocycles. The quantitative estimate of drug-likeness (QED) is 0.188. The maximum Gasteiger partial charge on any atom is 0.101 e. The van der Waals surface area contributed by atoms with E-state index in [2.05, 4.69) is 167 Å². The zero-order chi connectivity index (χ0) is 34.5. The van der Waals surface area contributed by atoms with Crippen molar-refractivity contribution in [2.75, 3.05) is 0 Å². The van der Waals surface area contributed by atoms with E-state index in [9.17, 15) is 5.26 Å². The maximum absolute atomic E-state index is 10.8. The van der Waals surface area contributed by atoms with E-state index in [0.717, 1.165) is 33.4 Å². The van der Waals surface area contributed by atoms with E-state index in [1.165, 1.54) is 70.8 Å². The van der Waals surface area contributed by atoms with Crippen LogP contribution in [0, 0.1) is 16.7 Å². The molecule has 0 bridgehead atoms. The smallest absolute Gasteiger partial charge is 0.101 e. The summed E-state index contributed by atoms with van der Waals surface area (Å²) in [6, 6.07) is 58.3. The highest BCUT2D eigenvalue weighted by Crippen LogP contribution is 2.44. The van der Waals surface area contributed by atoms with Crippen LogP contribution in [0.4, 0.5) is 0 Å². The second kappa shape index (κ2) is 10.6. The monoisotopic (exact) mass is 660 g/mol. The summed E-state index contributed by atoms with van der Waals surface area (Å²) in [5, 5.41) is 33.6. The van der Waals surface area contributed by atoms with Gasteiger partial charge in [-0.1, -0.05) is 121 Å². The van der Waals surface area contributed by atoms with Crippen molar-refractivity contribution < 1.29 is 0 Å². The molecule has 4 nitrogen and oxygen atoms in total. The SMILES string of the molecule is N#Cc1cc(C=N)c(-n2c3ccc4ccccc4c3c3c4ccccc4ccc32)cc1-n1c2ccc3ccccc3c2c2c3ccccc3ccc21. The van der Waals surface area contributed by atoms with Gasteiger partial charge in [-0.3, -0.25) is 0 Å². The van der Waals surface area contributed by atoms with E-state index in [0.29, 0.717) is 11.1 Å². The molecule has 11 aromatic rings. The van der Waals surface area contributed by atoms with Gasteiger partial charge in [0.2, 0.25) is 0 Å². The second-order valence-corrected chi connectivity index (χ2v) is 13.6. The van der Waals surface area contributed by atoms with Crippen LogP contribution in [0.3, 0.4) is 0 Å². The largest absolute Gasteiger partial charge is 0.308 e. The van der Waals surface area contributed by atoms with Crippen molar-refractivity contribution in [2.45, 2.75) is 0 Å². The first-order chi connectivity index (χ1) is 25.7. The van der Waals surface area contributed by atoms with E-state index < -0.39 is 0 Å². The number of rotatable bonds is 3. The minimum absolute atomic E-state index is 0.513. The van der Waals surface area contributed by atoms with E-state index in [-0.39, 0.29) is 0 Å². The number of aromatic nitrogens is 2. The third-order valence-corrected chi connectivity index (χ3v) is 11.0. The van der Waals surface area contributed by atoms with E-state index in [4.69, 9.17) is 5.41 Å². The van der Waals surface area contributed by atoms with Crippen LogP contribution in [-0.4, -0.2) is 15.3 Å². The summed E-state index contributed by atoms with van der Waals surface area (Å²) in [5.41, 5.74) is 7.02. The van der Waals surface area contributed by atoms with Gasteiger partial charge in [-0.05, 0) is 79.5 Å². The highest BCUT2D eigenvalue weighted by atomic mass is 15.0. The highest BCUT2D eigenvalue weighted by molar-refractivity contribution is 6.30. The lowest BCUT2D eigenvalue weighted by Gasteiger charge is -2.17. The molecule has 9 aromatic carbocycles. The predicted molar refractivity (Wildman–Crippen MR) is 218 cm³/mol. The Balaban J connectivity index is 1.33. The summed E-state index contributed by atoms with van der Waals surface area (Å²) in [6.45, 7) is 0. The third-order valence-electron chi connectivity index (χ3n) is 11.0. The van der Waals surface area contributed by atoms with Crippen molar-refractivity contribution in [1.29, 1.82) is 10.7 Å². The first-order valence-corrected chi connectivity index (χ1v) is 17.5. The summed E-state index contributed by atoms with van der Waals surface area (Å²) in [6.07, 6.45) is 1.38. The summed E-state index contributed by atoms with van der Waals surface area (Å²) in [4.78, 5) is 0. The van der Waals surface area contributed by atoms with Gasteiger partial charge in [-0.2, -0.15) is 5.26 Å². The molecule has 0 atom stereocenters. The third kappa shape index (κ3) is 3.77. The molecule has 2 heterocycles. The van der Waals surface area contributed by atoms with Crippen LogP contribution in [0.1, 0.15) is 11.1 Å². The molecule has 0 saturated carbocycles. The minimum atomic E-state index is 0.513. The number of hydrogen-bond acceptors (Lipinski definition) is 2. The van der Waals surface area contributed by atoms with Gasteiger partial charge in [0.15, 0.2) is 0 Å². The molecular formula is C48H28N4. The van der Waals surface area contributed by atoms with Crippen LogP contribution in [0.5, 0.6) is 0 Å². The molecule has 240 valence electrons. The van der Waals surface area contributed by atoms with Gasteiger partial charge in [0.1, 0.15) is 6.07 Å². The lowest BCUT2D eigenvalue weighted by molar-refractivity contribution is 1.12. The lowest BCUT2D eigenvalue weighted by Crippen LogP contribution is -2.05. The highest BCUT2D eigenvalue weighted by Gasteiger charge is 2.23. The molecular weight excluding hydrogens is 633 g/mol. The minimum Gasteiger partial charge on any atom is -0.308 e. The second-order valence-electron chi connectivity index (χ2n) is 13.6. The first kappa shape index (κ1) is 28.6. The molecule has 0 fully saturated rings. The molecule has 11 rings (SSSR count). The average Bonchev–Trinajstić information content (AvgIpc) is 3.74. The fraction of sp³-hybridized carbons (Fsp3) is 0. The topological polar surface area (TPSA) is 57.5 Å². The summed E-state index contributed by atoms with van der Waals surface area (Å²) in [7, 11) is 0. The molecule has 0 saturated heterocycles. The van der Waals surface area contributed by atoms with Crippen LogP contribution in [-0.2, 0) is 0 Å². The average molecular weight is 661 g/mol. The Labute approximate surface area is 298 Å². The molecule has 0 spiro atoms. The number of nitriles is 1. The zero-order valence-corrected chi connectivity index (χ0v) is 27.9. The van der Waals surface area contributed by atoms with Gasteiger partial charge in [0.25, 0.3) is 0 Å². The van der Waals surface area contributed by atoms with Crippen molar-refractivity contribution in [2.24, 2.45) is 0 Å². The van der Waals surface area contributed by atoms with Gasteiger partial charge < -0.3 is 14.5 Å². The van der Waals surface area contributed by atoms with Gasteiger partial charge in [-0.15, -0.1) is 0 Å². The van der Waals surface area contributed by atoms with Crippen molar-refractivity contribution >= 4 is 92.9 Å². The summed E-state index contributed by atoms with van der Waals surface area (Å²) < 4.78 is 4.56. The molecule has 2 aromatic heterocycles. The van der Waals surface area contributed by atoms with Crippen LogP contribution >= 0.6 is 0 Å². The van der Waals surface area contributed by atoms with Crippen LogP contribution in [0.2, 0.25) is 0 Å². The lowest BCUT2D eigenvalue weighted by atomic mass is 10.00. The molecule has 4 heteroatoms. The normalized spacial score (nSPS) is 11.9. The standard InChI is InChI=1S/C48H28N4/c49-27-33-25-34(28-50)44(52-41-23-19-31-11-3-7-15-37(31)47(41)48-38-16-8-4-12-32(38)20-24-42(48)52)26-43(33)51-39-21-17-29-9-1-5-13-35(29)45(39)46-36-14-6-2-10-30(36)18-22-40(46)51/h1-27,49H. The summed E-state index contributed by atoms with van der Waals surface area (Å²) >= 11 is 0. The van der Waals surface area contributed by atoms with Crippen LogP contribution in [0.15, 0.2) is 158 Å². The molecule has 0 unspecified atom stereocenters. The summed E-state index contributed by atoms with van der Waals surface area (Å²) in [5.74, 6) is 0. The Morgan fingerprint density at radius 3 is 1.12 bits per heavy atom. The molecule has 0 amide bonds. The molecule has 0 aliphatic heterocycles. The fourth-order valence-corrected chi connectivity index (χ4v) is 8.79. The maximum atomic E-state index is 10.8. The molecule has 52 heavy (non-hydrogen) atoms. The number of hydrogen-bond donors (Lipinski definition) is 1. The number of benzene rings is 9. The zero-order valence-electron chi connectivity index (χ0n) is 27.9. The molecule has 0 aliphatic rings. The van der Waals surface area contributed by atoms with Gasteiger partial charge >= 0.3 is 0 Å². The molecule has 0 radical (unpaired) electrons. The first-order valence-electron chi connectivity index (χ1n) is 17.5. The van der Waals surface area contributed by atoms with E-state index in [1.54, 1.807) is 0 Å². The van der Waals surface area contributed by atoms with Crippen molar-refractivity contribution in [3.05, 3.63) is 169 Å². The van der Waals surface area contributed by atoms with Crippen LogP contribution in [0.25, 0.3) is 98.1 Å². The van der Waals surface area contributed by atoms with Gasteiger partial charge in [-0.25, -0.2) is 0 Å². The Morgan fingerprint density at radius 1 is 0.423 bits per heavy atom. The number of nitrogens with one attached hydrogen (secondary N) is 1. The fourth-order valence-electron chi connectivity index (χ4n) is 8.79. The van der Waals surface area contributed by atoms with Crippen molar-refractivity contribution in [3.8, 4) is 17.4 Å². The van der Waals surface area contributed by atoms with Gasteiger partial charge in [0.05, 0.1) is 39.0 Å². The van der Waals surface area contributed by atoms with E-state index in [1.807, 2.05) is 6.07 Å².